The molecule has 0 radical (unpaired) electrons. The van der Waals surface area contributed by atoms with Crippen LogP contribution < -0.4 is 5.32 Å². The fourth-order valence-corrected chi connectivity index (χ4v) is 3.68. The van der Waals surface area contributed by atoms with Crippen LogP contribution in [0.4, 0.5) is 9.18 Å². The van der Waals surface area contributed by atoms with Crippen molar-refractivity contribution in [1.82, 2.24) is 19.8 Å². The number of imidazole rings is 1. The lowest BCUT2D eigenvalue weighted by Gasteiger charge is -2.32. The van der Waals surface area contributed by atoms with Crippen LogP contribution >= 0.6 is 0 Å². The number of piperidine rings is 1. The summed E-state index contributed by atoms with van der Waals surface area (Å²) in [7, 11) is 0. The summed E-state index contributed by atoms with van der Waals surface area (Å²) in [6, 6.07) is 6.17. The van der Waals surface area contributed by atoms with Crippen molar-refractivity contribution in [1.29, 1.82) is 0 Å². The summed E-state index contributed by atoms with van der Waals surface area (Å²) in [6.45, 7) is 2.95. The molecule has 0 spiro atoms. The standard InChI is InChI=1S/C20H25FN4O/c21-18-7-5-15(6-8-18)12-23-20(26)25-10-1-2-17(14-25)19-22-9-11-24(19)13-16-3-4-16/h5-9,11,16-17H,1-4,10,12-14H2,(H,23,26). The Labute approximate surface area is 153 Å². The minimum absolute atomic E-state index is 0.0562. The van der Waals surface area contributed by atoms with Gasteiger partial charge in [-0.05, 0) is 49.3 Å². The third-order valence-corrected chi connectivity index (χ3v) is 5.33. The number of likely N-dealkylation sites (tertiary alicyclic amines) is 1. The molecule has 0 bridgehead atoms. The van der Waals surface area contributed by atoms with Crippen molar-refractivity contribution < 1.29 is 9.18 Å². The molecule has 2 heterocycles. The third kappa shape index (κ3) is 4.06. The van der Waals surface area contributed by atoms with Gasteiger partial charge in [-0.25, -0.2) is 14.2 Å². The molecule has 2 fully saturated rings. The summed E-state index contributed by atoms with van der Waals surface area (Å²) < 4.78 is 15.2. The van der Waals surface area contributed by atoms with E-state index in [9.17, 15) is 9.18 Å². The summed E-state index contributed by atoms with van der Waals surface area (Å²) in [5.74, 6) is 1.96. The van der Waals surface area contributed by atoms with Gasteiger partial charge in [0.1, 0.15) is 11.6 Å². The van der Waals surface area contributed by atoms with E-state index < -0.39 is 0 Å². The maximum absolute atomic E-state index is 13.0. The Kier molecular flexibility index (Phi) is 4.91. The summed E-state index contributed by atoms with van der Waals surface area (Å²) in [4.78, 5) is 19.0. The van der Waals surface area contributed by atoms with E-state index >= 15 is 0 Å². The summed E-state index contributed by atoms with van der Waals surface area (Å²) in [6.07, 6.45) is 8.65. The molecule has 2 amide bonds. The second-order valence-electron chi connectivity index (χ2n) is 7.45. The van der Waals surface area contributed by atoms with Gasteiger partial charge in [0, 0.05) is 44.5 Å². The highest BCUT2D eigenvalue weighted by Crippen LogP contribution is 2.33. The van der Waals surface area contributed by atoms with Crippen molar-refractivity contribution in [3.8, 4) is 0 Å². The molecule has 26 heavy (non-hydrogen) atoms. The molecule has 2 aliphatic rings. The number of nitrogens with one attached hydrogen (secondary N) is 1. The number of nitrogens with zero attached hydrogens (tertiary/aromatic N) is 3. The normalized spacial score (nSPS) is 20.2. The van der Waals surface area contributed by atoms with Gasteiger partial charge in [-0.3, -0.25) is 0 Å². The van der Waals surface area contributed by atoms with Crippen LogP contribution in [0.2, 0.25) is 0 Å². The van der Waals surface area contributed by atoms with Gasteiger partial charge in [0.25, 0.3) is 0 Å². The van der Waals surface area contributed by atoms with E-state index in [-0.39, 0.29) is 11.8 Å². The predicted molar refractivity (Wildman–Crippen MR) is 97.1 cm³/mol. The average Bonchev–Trinajstić information content (AvgIpc) is 3.36. The number of carbonyl (C=O) groups is 1. The van der Waals surface area contributed by atoms with E-state index in [1.165, 1.54) is 25.0 Å². The minimum Gasteiger partial charge on any atom is -0.334 e. The maximum Gasteiger partial charge on any atom is 0.317 e. The molecule has 1 atom stereocenters. The van der Waals surface area contributed by atoms with Gasteiger partial charge < -0.3 is 14.8 Å². The van der Waals surface area contributed by atoms with E-state index in [0.717, 1.165) is 43.2 Å². The molecular formula is C20H25FN4O. The maximum atomic E-state index is 13.0. The van der Waals surface area contributed by atoms with E-state index in [1.807, 2.05) is 11.1 Å². The van der Waals surface area contributed by atoms with Gasteiger partial charge in [-0.1, -0.05) is 12.1 Å². The zero-order valence-corrected chi connectivity index (χ0v) is 14.9. The van der Waals surface area contributed by atoms with E-state index in [2.05, 4.69) is 21.1 Å². The Morgan fingerprint density at radius 2 is 2.04 bits per heavy atom. The van der Waals surface area contributed by atoms with E-state index in [0.29, 0.717) is 19.0 Å². The molecule has 1 aliphatic carbocycles. The highest BCUT2D eigenvalue weighted by Gasteiger charge is 2.29. The van der Waals surface area contributed by atoms with Crippen LogP contribution in [0.1, 0.15) is 43.0 Å². The molecule has 1 unspecified atom stereocenters. The summed E-state index contributed by atoms with van der Waals surface area (Å²) in [5, 5.41) is 2.95. The summed E-state index contributed by atoms with van der Waals surface area (Å²) >= 11 is 0. The molecule has 138 valence electrons. The Morgan fingerprint density at radius 1 is 1.23 bits per heavy atom. The number of hydrogen-bond acceptors (Lipinski definition) is 2. The number of rotatable bonds is 5. The highest BCUT2D eigenvalue weighted by atomic mass is 19.1. The molecule has 5 nitrogen and oxygen atoms in total. The van der Waals surface area contributed by atoms with Crippen molar-refractivity contribution in [2.45, 2.75) is 44.7 Å². The number of aromatic nitrogens is 2. The fourth-order valence-electron chi connectivity index (χ4n) is 3.68. The lowest BCUT2D eigenvalue weighted by Crippen LogP contribution is -2.45. The first-order valence-electron chi connectivity index (χ1n) is 9.47. The lowest BCUT2D eigenvalue weighted by molar-refractivity contribution is 0.177. The largest absolute Gasteiger partial charge is 0.334 e. The number of carbonyl (C=O) groups excluding carboxylic acids is 1. The third-order valence-electron chi connectivity index (χ3n) is 5.33. The first kappa shape index (κ1) is 17.1. The van der Waals surface area contributed by atoms with Crippen molar-refractivity contribution in [2.75, 3.05) is 13.1 Å². The van der Waals surface area contributed by atoms with Gasteiger partial charge in [-0.2, -0.15) is 0 Å². The average molecular weight is 356 g/mol. The topological polar surface area (TPSA) is 50.2 Å². The Bertz CT molecular complexity index is 753. The first-order valence-corrected chi connectivity index (χ1v) is 9.47. The molecule has 1 aromatic carbocycles. The predicted octanol–water partition coefficient (Wildman–Crippen LogP) is 3.52. The van der Waals surface area contributed by atoms with Gasteiger partial charge in [-0.15, -0.1) is 0 Å². The van der Waals surface area contributed by atoms with Crippen molar-refractivity contribution in [3.05, 3.63) is 53.9 Å². The zero-order chi connectivity index (χ0) is 17.9. The molecule has 6 heteroatoms. The van der Waals surface area contributed by atoms with Gasteiger partial charge in [0.2, 0.25) is 0 Å². The smallest absolute Gasteiger partial charge is 0.317 e. The van der Waals surface area contributed by atoms with Crippen LogP contribution in [0.3, 0.4) is 0 Å². The van der Waals surface area contributed by atoms with Crippen LogP contribution in [0.25, 0.3) is 0 Å². The van der Waals surface area contributed by atoms with Crippen LogP contribution in [0, 0.1) is 11.7 Å². The number of amides is 2. The molecule has 1 aromatic heterocycles. The fraction of sp³-hybridized carbons (Fsp3) is 0.500. The van der Waals surface area contributed by atoms with Crippen molar-refractivity contribution in [2.24, 2.45) is 5.92 Å². The summed E-state index contributed by atoms with van der Waals surface area (Å²) in [5.41, 5.74) is 0.897. The number of halogens is 1. The van der Waals surface area contributed by atoms with Crippen LogP contribution in [0.15, 0.2) is 36.7 Å². The number of urea groups is 1. The Hall–Kier alpha value is -2.37. The molecule has 4 rings (SSSR count). The van der Waals surface area contributed by atoms with Gasteiger partial charge in [0.05, 0.1) is 0 Å². The SMILES string of the molecule is O=C(NCc1ccc(F)cc1)N1CCCC(c2nccn2CC2CC2)C1. The second kappa shape index (κ2) is 7.48. The van der Waals surface area contributed by atoms with Crippen LogP contribution in [-0.2, 0) is 13.1 Å². The molecule has 1 saturated carbocycles. The Balaban J connectivity index is 1.34. The molecule has 1 saturated heterocycles. The molecular weight excluding hydrogens is 331 g/mol. The monoisotopic (exact) mass is 356 g/mol. The van der Waals surface area contributed by atoms with E-state index in [1.54, 1.807) is 12.1 Å². The van der Waals surface area contributed by atoms with Gasteiger partial charge >= 0.3 is 6.03 Å². The van der Waals surface area contributed by atoms with Crippen molar-refractivity contribution >= 4 is 6.03 Å². The molecule has 1 N–H and O–H groups in total. The number of benzene rings is 1. The quantitative estimate of drug-likeness (QED) is 0.891. The minimum atomic E-state index is -0.263. The van der Waals surface area contributed by atoms with Crippen LogP contribution in [-0.4, -0.2) is 33.6 Å². The first-order chi connectivity index (χ1) is 12.7. The highest BCUT2D eigenvalue weighted by molar-refractivity contribution is 5.74. The molecule has 2 aromatic rings. The van der Waals surface area contributed by atoms with E-state index in [4.69, 9.17) is 0 Å². The van der Waals surface area contributed by atoms with Crippen LogP contribution in [0.5, 0.6) is 0 Å². The second-order valence-corrected chi connectivity index (χ2v) is 7.45. The zero-order valence-electron chi connectivity index (χ0n) is 14.9. The Morgan fingerprint density at radius 3 is 2.81 bits per heavy atom. The number of hydrogen-bond donors (Lipinski definition) is 1. The van der Waals surface area contributed by atoms with Crippen molar-refractivity contribution in [3.63, 3.8) is 0 Å². The van der Waals surface area contributed by atoms with Gasteiger partial charge in [0.15, 0.2) is 0 Å². The lowest BCUT2D eigenvalue weighted by atomic mass is 9.97. The molecule has 1 aliphatic heterocycles.